The van der Waals surface area contributed by atoms with Crippen molar-refractivity contribution >= 4 is 0 Å². The molecule has 88 valence electrons. The van der Waals surface area contributed by atoms with E-state index in [1.807, 2.05) is 6.07 Å². The van der Waals surface area contributed by atoms with Crippen LogP contribution in [0, 0.1) is 0 Å². The highest BCUT2D eigenvalue weighted by Crippen LogP contribution is 2.19. The Morgan fingerprint density at radius 1 is 1.56 bits per heavy atom. The molecule has 16 heavy (non-hydrogen) atoms. The van der Waals surface area contributed by atoms with Gasteiger partial charge in [0.1, 0.15) is 0 Å². The zero-order valence-corrected chi connectivity index (χ0v) is 9.56. The third-order valence-corrected chi connectivity index (χ3v) is 3.04. The maximum Gasteiger partial charge on any atom is 0.255 e. The summed E-state index contributed by atoms with van der Waals surface area (Å²) >= 11 is 0. The van der Waals surface area contributed by atoms with Gasteiger partial charge in [-0.25, -0.2) is 0 Å². The third-order valence-electron chi connectivity index (χ3n) is 3.04. The molecule has 1 aliphatic rings. The molecule has 0 aliphatic carbocycles. The summed E-state index contributed by atoms with van der Waals surface area (Å²) in [5.74, 6) is 0. The highest BCUT2D eigenvalue weighted by molar-refractivity contribution is 5.09. The molecule has 0 bridgehead atoms. The fraction of sp³-hybridized carbons (Fsp3) is 0.583. The minimum Gasteiger partial charge on any atom is -0.373 e. The molecule has 0 saturated carbocycles. The molecule has 0 aromatic carbocycles. The van der Waals surface area contributed by atoms with E-state index in [0.29, 0.717) is 24.8 Å². The van der Waals surface area contributed by atoms with E-state index in [2.05, 4.69) is 6.92 Å². The summed E-state index contributed by atoms with van der Waals surface area (Å²) in [7, 11) is 0. The van der Waals surface area contributed by atoms with Crippen LogP contribution in [0.2, 0.25) is 0 Å². The molecule has 2 N–H and O–H groups in total. The summed E-state index contributed by atoms with van der Waals surface area (Å²) in [5, 5.41) is 0. The number of ether oxygens (including phenoxy) is 1. The highest BCUT2D eigenvalue weighted by atomic mass is 16.5. The molecule has 1 aromatic heterocycles. The lowest BCUT2D eigenvalue weighted by Crippen LogP contribution is -2.29. The highest BCUT2D eigenvalue weighted by Gasteiger charge is 2.22. The summed E-state index contributed by atoms with van der Waals surface area (Å²) in [6.45, 7) is 3.00. The molecule has 4 heteroatoms. The van der Waals surface area contributed by atoms with E-state index in [1.165, 1.54) is 0 Å². The van der Waals surface area contributed by atoms with Crippen molar-refractivity contribution in [1.82, 2.24) is 4.57 Å². The van der Waals surface area contributed by atoms with Crippen LogP contribution in [0.25, 0.3) is 0 Å². The summed E-state index contributed by atoms with van der Waals surface area (Å²) in [6, 6.07) is 3.64. The Kier molecular flexibility index (Phi) is 3.41. The average Bonchev–Trinajstić information content (AvgIpc) is 2.67. The largest absolute Gasteiger partial charge is 0.373 e. The molecular formula is C12H18N2O2. The van der Waals surface area contributed by atoms with Gasteiger partial charge in [0, 0.05) is 18.3 Å². The topological polar surface area (TPSA) is 57.2 Å². The van der Waals surface area contributed by atoms with Crippen molar-refractivity contribution in [3.63, 3.8) is 0 Å². The van der Waals surface area contributed by atoms with Crippen LogP contribution < -0.4 is 11.3 Å². The zero-order valence-electron chi connectivity index (χ0n) is 9.56. The standard InChI is InChI=1S/C12H18N2O2/c1-9-4-5-11(16-9)8-14-6-2-3-10(7-13)12(14)15/h2-3,6,9,11H,4-5,7-8,13H2,1H3. The molecular weight excluding hydrogens is 204 g/mol. The van der Waals surface area contributed by atoms with Gasteiger partial charge >= 0.3 is 0 Å². The number of rotatable bonds is 3. The van der Waals surface area contributed by atoms with Gasteiger partial charge in [-0.2, -0.15) is 0 Å². The molecule has 2 heterocycles. The van der Waals surface area contributed by atoms with Gasteiger partial charge in [0.25, 0.3) is 5.56 Å². The van der Waals surface area contributed by atoms with Crippen LogP contribution in [0.3, 0.4) is 0 Å². The smallest absolute Gasteiger partial charge is 0.255 e. The van der Waals surface area contributed by atoms with E-state index in [4.69, 9.17) is 10.5 Å². The second kappa shape index (κ2) is 4.80. The molecule has 0 amide bonds. The lowest BCUT2D eigenvalue weighted by atomic mass is 10.2. The van der Waals surface area contributed by atoms with E-state index in [9.17, 15) is 4.79 Å². The molecule has 2 rings (SSSR count). The fourth-order valence-corrected chi connectivity index (χ4v) is 2.12. The Hall–Kier alpha value is -1.13. The van der Waals surface area contributed by atoms with Crippen LogP contribution in [0.1, 0.15) is 25.3 Å². The fourth-order valence-electron chi connectivity index (χ4n) is 2.12. The van der Waals surface area contributed by atoms with Gasteiger partial charge in [-0.3, -0.25) is 4.79 Å². The number of hydrogen-bond donors (Lipinski definition) is 1. The zero-order chi connectivity index (χ0) is 11.5. The monoisotopic (exact) mass is 222 g/mol. The number of aromatic nitrogens is 1. The third kappa shape index (κ3) is 2.33. The van der Waals surface area contributed by atoms with Gasteiger partial charge in [-0.05, 0) is 25.8 Å². The molecule has 4 nitrogen and oxygen atoms in total. The van der Waals surface area contributed by atoms with E-state index >= 15 is 0 Å². The number of hydrogen-bond acceptors (Lipinski definition) is 3. The Morgan fingerprint density at radius 3 is 3.00 bits per heavy atom. The Labute approximate surface area is 95.0 Å². The van der Waals surface area contributed by atoms with E-state index in [-0.39, 0.29) is 11.7 Å². The Balaban J connectivity index is 2.12. The van der Waals surface area contributed by atoms with Crippen molar-refractivity contribution in [2.75, 3.05) is 0 Å². The first-order chi connectivity index (χ1) is 7.70. The van der Waals surface area contributed by atoms with Crippen molar-refractivity contribution < 1.29 is 4.74 Å². The molecule has 1 aromatic rings. The first kappa shape index (κ1) is 11.4. The first-order valence-corrected chi connectivity index (χ1v) is 5.74. The molecule has 2 atom stereocenters. The van der Waals surface area contributed by atoms with Crippen molar-refractivity contribution in [2.45, 2.75) is 45.1 Å². The molecule has 2 unspecified atom stereocenters. The molecule has 1 saturated heterocycles. The minimum absolute atomic E-state index is 0.00755. The number of pyridine rings is 1. The van der Waals surface area contributed by atoms with E-state index in [1.54, 1.807) is 16.8 Å². The van der Waals surface area contributed by atoms with Gasteiger partial charge in [-0.1, -0.05) is 6.07 Å². The maximum atomic E-state index is 11.9. The van der Waals surface area contributed by atoms with Crippen LogP contribution in [-0.4, -0.2) is 16.8 Å². The maximum absolute atomic E-state index is 11.9. The second-order valence-corrected chi connectivity index (χ2v) is 4.34. The van der Waals surface area contributed by atoms with E-state index < -0.39 is 0 Å². The molecule has 1 fully saturated rings. The van der Waals surface area contributed by atoms with E-state index in [0.717, 1.165) is 12.8 Å². The predicted octanol–water partition coefficient (Wildman–Crippen LogP) is 0.875. The van der Waals surface area contributed by atoms with Crippen LogP contribution in [-0.2, 0) is 17.8 Å². The normalized spacial score (nSPS) is 24.9. The summed E-state index contributed by atoms with van der Waals surface area (Å²) < 4.78 is 7.40. The molecule has 0 radical (unpaired) electrons. The first-order valence-electron chi connectivity index (χ1n) is 5.74. The van der Waals surface area contributed by atoms with Crippen LogP contribution in [0.15, 0.2) is 23.1 Å². The van der Waals surface area contributed by atoms with Gasteiger partial charge in [0.2, 0.25) is 0 Å². The number of nitrogens with zero attached hydrogens (tertiary/aromatic N) is 1. The summed E-state index contributed by atoms with van der Waals surface area (Å²) in [4.78, 5) is 11.9. The number of nitrogens with two attached hydrogens (primary N) is 1. The lowest BCUT2D eigenvalue weighted by Gasteiger charge is -2.13. The van der Waals surface area contributed by atoms with Crippen LogP contribution in [0.4, 0.5) is 0 Å². The molecule has 1 aliphatic heterocycles. The van der Waals surface area contributed by atoms with Gasteiger partial charge < -0.3 is 15.0 Å². The predicted molar refractivity (Wildman–Crippen MR) is 62.2 cm³/mol. The molecule has 0 spiro atoms. The second-order valence-electron chi connectivity index (χ2n) is 4.34. The van der Waals surface area contributed by atoms with Crippen LogP contribution >= 0.6 is 0 Å². The summed E-state index contributed by atoms with van der Waals surface area (Å²) in [5.41, 5.74) is 6.17. The van der Waals surface area contributed by atoms with Crippen LogP contribution in [0.5, 0.6) is 0 Å². The Bertz CT molecular complexity index is 414. The quantitative estimate of drug-likeness (QED) is 0.825. The average molecular weight is 222 g/mol. The van der Waals surface area contributed by atoms with Gasteiger partial charge in [0.05, 0.1) is 18.8 Å². The Morgan fingerprint density at radius 2 is 2.38 bits per heavy atom. The van der Waals surface area contributed by atoms with Crippen molar-refractivity contribution in [1.29, 1.82) is 0 Å². The van der Waals surface area contributed by atoms with Crippen molar-refractivity contribution in [2.24, 2.45) is 5.73 Å². The summed E-state index contributed by atoms with van der Waals surface area (Å²) in [6.07, 6.45) is 4.39. The van der Waals surface area contributed by atoms with Crippen molar-refractivity contribution in [3.8, 4) is 0 Å². The lowest BCUT2D eigenvalue weighted by molar-refractivity contribution is 0.0451. The van der Waals surface area contributed by atoms with Gasteiger partial charge in [-0.15, -0.1) is 0 Å². The SMILES string of the molecule is CC1CCC(Cn2cccc(CN)c2=O)O1. The van der Waals surface area contributed by atoms with Crippen molar-refractivity contribution in [3.05, 3.63) is 34.2 Å². The minimum atomic E-state index is 0.00755. The van der Waals surface area contributed by atoms with Gasteiger partial charge in [0.15, 0.2) is 0 Å².